The topological polar surface area (TPSA) is 66.5 Å². The summed E-state index contributed by atoms with van der Waals surface area (Å²) in [6.45, 7) is 8.14. The number of piperidine rings is 1. The molecular weight excluding hydrogens is 348 g/mol. The van der Waals surface area contributed by atoms with Gasteiger partial charge in [0.1, 0.15) is 0 Å². The number of carbonyl (C=O) groups is 1. The van der Waals surface area contributed by atoms with E-state index >= 15 is 0 Å². The van der Waals surface area contributed by atoms with Crippen LogP contribution >= 0.6 is 0 Å². The lowest BCUT2D eigenvalue weighted by Crippen LogP contribution is -2.40. The van der Waals surface area contributed by atoms with Gasteiger partial charge in [-0.15, -0.1) is 0 Å². The van der Waals surface area contributed by atoms with E-state index in [0.717, 1.165) is 45.3 Å². The van der Waals surface area contributed by atoms with Crippen LogP contribution in [-0.4, -0.2) is 45.3 Å². The van der Waals surface area contributed by atoms with Gasteiger partial charge < -0.3 is 4.90 Å². The maximum absolute atomic E-state index is 12.5. The molecule has 0 atom stereocenters. The molecule has 0 amide bonds. The number of benzene rings is 1. The van der Waals surface area contributed by atoms with Crippen molar-refractivity contribution < 1.29 is 13.2 Å². The lowest BCUT2D eigenvalue weighted by atomic mass is 9.96. The van der Waals surface area contributed by atoms with Crippen LogP contribution in [0, 0.1) is 17.8 Å². The molecule has 0 spiro atoms. The van der Waals surface area contributed by atoms with Crippen LogP contribution in [-0.2, 0) is 10.0 Å². The standard InChI is InChI=1S/C20H30N2O3S/c1-15(2)14-22-11-9-16(10-12-22)13-21-26(24,25)19-7-5-18(6-8-19)20(23)17-3-4-17/h5-8,15-17,21H,3-4,9-14H2,1-2H3. The Kier molecular flexibility index (Phi) is 6.15. The number of sulfonamides is 1. The third-order valence-electron chi connectivity index (χ3n) is 5.29. The van der Waals surface area contributed by atoms with Gasteiger partial charge in [-0.3, -0.25) is 4.79 Å². The maximum atomic E-state index is 12.5. The number of rotatable bonds is 8. The van der Waals surface area contributed by atoms with Gasteiger partial charge in [0.05, 0.1) is 4.90 Å². The highest BCUT2D eigenvalue weighted by molar-refractivity contribution is 7.89. The van der Waals surface area contributed by atoms with E-state index in [1.165, 1.54) is 0 Å². The van der Waals surface area contributed by atoms with Crippen LogP contribution in [0.5, 0.6) is 0 Å². The molecule has 1 saturated carbocycles. The minimum atomic E-state index is -3.51. The van der Waals surface area contributed by atoms with Crippen molar-refractivity contribution in [2.24, 2.45) is 17.8 Å². The Bertz CT molecular complexity index is 716. The number of ketones is 1. The van der Waals surface area contributed by atoms with Crippen LogP contribution in [0.1, 0.15) is 49.9 Å². The third-order valence-corrected chi connectivity index (χ3v) is 6.73. The van der Waals surface area contributed by atoms with E-state index in [-0.39, 0.29) is 16.6 Å². The molecule has 1 aliphatic heterocycles. The van der Waals surface area contributed by atoms with Gasteiger partial charge in [-0.05, 0) is 62.7 Å². The van der Waals surface area contributed by atoms with Crippen molar-refractivity contribution in [2.75, 3.05) is 26.2 Å². The van der Waals surface area contributed by atoms with E-state index < -0.39 is 10.0 Å². The highest BCUT2D eigenvalue weighted by Gasteiger charge is 2.30. The Balaban J connectivity index is 1.50. The molecule has 2 aliphatic rings. The molecule has 1 aliphatic carbocycles. The van der Waals surface area contributed by atoms with Crippen LogP contribution in [0.25, 0.3) is 0 Å². The molecule has 0 unspecified atom stereocenters. The molecule has 6 heteroatoms. The zero-order valence-corrected chi connectivity index (χ0v) is 16.6. The third kappa shape index (κ3) is 5.15. The van der Waals surface area contributed by atoms with Crippen molar-refractivity contribution in [3.05, 3.63) is 29.8 Å². The van der Waals surface area contributed by atoms with E-state index in [9.17, 15) is 13.2 Å². The summed E-state index contributed by atoms with van der Waals surface area (Å²) in [6.07, 6.45) is 3.97. The lowest BCUT2D eigenvalue weighted by molar-refractivity contribution is 0.0967. The Morgan fingerprint density at radius 1 is 1.12 bits per heavy atom. The van der Waals surface area contributed by atoms with Gasteiger partial charge in [-0.25, -0.2) is 13.1 Å². The molecule has 1 N–H and O–H groups in total. The van der Waals surface area contributed by atoms with Gasteiger partial charge in [-0.1, -0.05) is 26.0 Å². The first kappa shape index (κ1) is 19.5. The first-order chi connectivity index (χ1) is 12.3. The molecule has 3 rings (SSSR count). The van der Waals surface area contributed by atoms with Gasteiger partial charge in [0.25, 0.3) is 0 Å². The highest BCUT2D eigenvalue weighted by atomic mass is 32.2. The quantitative estimate of drug-likeness (QED) is 0.707. The second-order valence-electron chi connectivity index (χ2n) is 8.15. The summed E-state index contributed by atoms with van der Waals surface area (Å²) in [5.74, 6) is 1.34. The smallest absolute Gasteiger partial charge is 0.240 e. The summed E-state index contributed by atoms with van der Waals surface area (Å²) < 4.78 is 27.8. The number of nitrogens with zero attached hydrogens (tertiary/aromatic N) is 1. The van der Waals surface area contributed by atoms with Gasteiger partial charge in [-0.2, -0.15) is 0 Å². The predicted octanol–water partition coefficient (Wildman–Crippen LogP) is 2.93. The molecule has 5 nitrogen and oxygen atoms in total. The summed E-state index contributed by atoms with van der Waals surface area (Å²) >= 11 is 0. The Labute approximate surface area is 157 Å². The zero-order valence-electron chi connectivity index (χ0n) is 15.8. The lowest BCUT2D eigenvalue weighted by Gasteiger charge is -2.32. The minimum Gasteiger partial charge on any atom is -0.303 e. The molecule has 2 fully saturated rings. The molecule has 1 aromatic carbocycles. The highest BCUT2D eigenvalue weighted by Crippen LogP contribution is 2.32. The molecule has 1 aromatic rings. The van der Waals surface area contributed by atoms with E-state index in [0.29, 0.717) is 23.9 Å². The van der Waals surface area contributed by atoms with E-state index in [1.54, 1.807) is 24.3 Å². The normalized spacial score (nSPS) is 19.8. The Morgan fingerprint density at radius 2 is 1.73 bits per heavy atom. The molecule has 26 heavy (non-hydrogen) atoms. The van der Waals surface area contributed by atoms with Crippen molar-refractivity contribution in [3.63, 3.8) is 0 Å². The molecule has 1 saturated heterocycles. The average molecular weight is 379 g/mol. The number of nitrogens with one attached hydrogen (secondary N) is 1. The molecular formula is C20H30N2O3S. The van der Waals surface area contributed by atoms with Crippen molar-refractivity contribution in [3.8, 4) is 0 Å². The fraction of sp³-hybridized carbons (Fsp3) is 0.650. The number of likely N-dealkylation sites (tertiary alicyclic amines) is 1. The van der Waals surface area contributed by atoms with Crippen LogP contribution in [0.4, 0.5) is 0 Å². The van der Waals surface area contributed by atoms with E-state index in [2.05, 4.69) is 23.5 Å². The van der Waals surface area contributed by atoms with Crippen molar-refractivity contribution in [2.45, 2.75) is 44.4 Å². The van der Waals surface area contributed by atoms with Crippen LogP contribution in [0.3, 0.4) is 0 Å². The van der Waals surface area contributed by atoms with Crippen molar-refractivity contribution >= 4 is 15.8 Å². The van der Waals surface area contributed by atoms with Gasteiger partial charge in [0.2, 0.25) is 10.0 Å². The number of carbonyl (C=O) groups excluding carboxylic acids is 1. The SMILES string of the molecule is CC(C)CN1CCC(CNS(=O)(=O)c2ccc(C(=O)C3CC3)cc2)CC1. The number of Topliss-reactive ketones (excluding diaryl/α,β-unsaturated/α-hetero) is 1. The predicted molar refractivity (Wildman–Crippen MR) is 103 cm³/mol. The monoisotopic (exact) mass is 378 g/mol. The number of hydrogen-bond acceptors (Lipinski definition) is 4. The fourth-order valence-electron chi connectivity index (χ4n) is 3.58. The second-order valence-corrected chi connectivity index (χ2v) is 9.92. The Morgan fingerprint density at radius 3 is 2.27 bits per heavy atom. The van der Waals surface area contributed by atoms with E-state index in [1.807, 2.05) is 0 Å². The van der Waals surface area contributed by atoms with Crippen molar-refractivity contribution in [1.29, 1.82) is 0 Å². The maximum Gasteiger partial charge on any atom is 0.240 e. The van der Waals surface area contributed by atoms with Gasteiger partial charge in [0.15, 0.2) is 5.78 Å². The Hall–Kier alpha value is -1.24. The molecule has 1 heterocycles. The minimum absolute atomic E-state index is 0.134. The molecule has 0 aromatic heterocycles. The van der Waals surface area contributed by atoms with Gasteiger partial charge in [0, 0.05) is 24.6 Å². The van der Waals surface area contributed by atoms with Crippen LogP contribution < -0.4 is 4.72 Å². The molecule has 0 bridgehead atoms. The average Bonchev–Trinajstić information content (AvgIpc) is 3.45. The van der Waals surface area contributed by atoms with Crippen LogP contribution in [0.15, 0.2) is 29.2 Å². The number of hydrogen-bond donors (Lipinski definition) is 1. The van der Waals surface area contributed by atoms with Crippen molar-refractivity contribution in [1.82, 2.24) is 9.62 Å². The summed E-state index contributed by atoms with van der Waals surface area (Å²) in [4.78, 5) is 14.7. The fourth-order valence-corrected chi connectivity index (χ4v) is 4.70. The summed E-state index contributed by atoms with van der Waals surface area (Å²) in [5.41, 5.74) is 0.615. The first-order valence-electron chi connectivity index (χ1n) is 9.71. The second kappa shape index (κ2) is 8.19. The van der Waals surface area contributed by atoms with Gasteiger partial charge >= 0.3 is 0 Å². The summed E-state index contributed by atoms with van der Waals surface area (Å²) in [6, 6.07) is 6.37. The summed E-state index contributed by atoms with van der Waals surface area (Å²) in [7, 11) is -3.51. The van der Waals surface area contributed by atoms with Crippen LogP contribution in [0.2, 0.25) is 0 Å². The first-order valence-corrected chi connectivity index (χ1v) is 11.2. The molecule has 144 valence electrons. The van der Waals surface area contributed by atoms with E-state index in [4.69, 9.17) is 0 Å². The molecule has 0 radical (unpaired) electrons. The zero-order chi connectivity index (χ0) is 18.7. The largest absolute Gasteiger partial charge is 0.303 e. The summed E-state index contributed by atoms with van der Waals surface area (Å²) in [5, 5.41) is 0.